The summed E-state index contributed by atoms with van der Waals surface area (Å²) in [5.74, 6) is -1.59. The Kier molecular flexibility index (Phi) is 6.95. The molecule has 3 heterocycles. The van der Waals surface area contributed by atoms with Crippen LogP contribution in [0.1, 0.15) is 12.8 Å². The Balaban J connectivity index is 1.27. The highest BCUT2D eigenvalue weighted by Crippen LogP contribution is 2.28. The van der Waals surface area contributed by atoms with Crippen LogP contribution in [0.5, 0.6) is 17.4 Å². The number of carbonyl (C=O) groups is 2. The molecule has 0 aliphatic carbocycles. The number of carbonyl (C=O) groups excluding carboxylic acids is 2. The third kappa shape index (κ3) is 5.56. The number of hydrogen-bond donors (Lipinski definition) is 3. The monoisotopic (exact) mass is 536 g/mol. The minimum atomic E-state index is -0.961. The molecule has 0 radical (unpaired) electrons. The summed E-state index contributed by atoms with van der Waals surface area (Å²) in [6, 6.07) is 10.1. The summed E-state index contributed by atoms with van der Waals surface area (Å²) in [6.07, 6.45) is 4.19. The number of aromatic hydroxyl groups is 1. The first-order valence-electron chi connectivity index (χ1n) is 11.9. The zero-order valence-electron chi connectivity index (χ0n) is 20.3. The molecule has 13 heteroatoms. The van der Waals surface area contributed by atoms with Crippen molar-refractivity contribution >= 4 is 23.6 Å². The third-order valence-corrected chi connectivity index (χ3v) is 5.95. The van der Waals surface area contributed by atoms with Crippen molar-refractivity contribution in [2.75, 3.05) is 23.7 Å². The van der Waals surface area contributed by atoms with Crippen LogP contribution in [0.3, 0.4) is 0 Å². The molecule has 4 aromatic rings. The molecule has 1 aliphatic heterocycles. The quantitative estimate of drug-likeness (QED) is 0.344. The number of nitrogens with one attached hydrogen (secondary N) is 2. The van der Waals surface area contributed by atoms with Crippen LogP contribution in [0.2, 0.25) is 0 Å². The van der Waals surface area contributed by atoms with Gasteiger partial charge >= 0.3 is 17.8 Å². The number of aromatic nitrogens is 3. The van der Waals surface area contributed by atoms with Crippen LogP contribution < -0.4 is 21.1 Å². The van der Waals surface area contributed by atoms with E-state index < -0.39 is 29.2 Å². The molecule has 0 saturated carbocycles. The highest BCUT2D eigenvalue weighted by molar-refractivity contribution is 5.91. The van der Waals surface area contributed by atoms with Crippen molar-refractivity contribution in [3.63, 3.8) is 0 Å². The first-order valence-corrected chi connectivity index (χ1v) is 11.9. The van der Waals surface area contributed by atoms with Crippen LogP contribution in [-0.4, -0.2) is 49.3 Å². The smallest absolute Gasteiger partial charge is 0.344 e. The number of pyridine rings is 1. The second-order valence-corrected chi connectivity index (χ2v) is 8.63. The number of likely N-dealkylation sites (tertiary alicyclic amines) is 1. The molecule has 200 valence electrons. The van der Waals surface area contributed by atoms with E-state index in [-0.39, 0.29) is 34.7 Å². The van der Waals surface area contributed by atoms with Crippen molar-refractivity contribution in [1.29, 1.82) is 0 Å². The van der Waals surface area contributed by atoms with Gasteiger partial charge in [-0.2, -0.15) is 0 Å². The Hall–Kier alpha value is -5.20. The van der Waals surface area contributed by atoms with Gasteiger partial charge < -0.3 is 20.1 Å². The summed E-state index contributed by atoms with van der Waals surface area (Å²) in [5.41, 5.74) is -0.755. The van der Waals surface area contributed by atoms with Crippen LogP contribution in [-0.2, 0) is 0 Å². The molecule has 0 atom stereocenters. The highest BCUT2D eigenvalue weighted by atomic mass is 19.1. The number of ether oxygens (including phenoxy) is 1. The SMILES string of the molecule is O=C(Nc1cc(Oc2ccc(NC(=O)n3cc(O)n(-c4ccc(F)cc4)c3=O)cc2F)ccn1)N1CCCC1. The van der Waals surface area contributed by atoms with Crippen LogP contribution in [0.25, 0.3) is 5.69 Å². The summed E-state index contributed by atoms with van der Waals surface area (Å²) in [7, 11) is 0. The molecule has 1 fully saturated rings. The van der Waals surface area contributed by atoms with Gasteiger partial charge in [-0.3, -0.25) is 5.32 Å². The fourth-order valence-corrected chi connectivity index (χ4v) is 4.04. The summed E-state index contributed by atoms with van der Waals surface area (Å²) >= 11 is 0. The maximum atomic E-state index is 14.8. The Morgan fingerprint density at radius 3 is 2.41 bits per heavy atom. The summed E-state index contributed by atoms with van der Waals surface area (Å²) in [5, 5.41) is 15.2. The van der Waals surface area contributed by atoms with Crippen molar-refractivity contribution < 1.29 is 28.2 Å². The lowest BCUT2D eigenvalue weighted by Crippen LogP contribution is -2.32. The fourth-order valence-electron chi connectivity index (χ4n) is 4.04. The number of urea groups is 1. The lowest BCUT2D eigenvalue weighted by molar-refractivity contribution is 0.222. The molecule has 0 bridgehead atoms. The molecular formula is C26H22F2N6O5. The van der Waals surface area contributed by atoms with Gasteiger partial charge in [0.2, 0.25) is 5.88 Å². The maximum Gasteiger partial charge on any atom is 0.344 e. The Morgan fingerprint density at radius 1 is 0.949 bits per heavy atom. The first kappa shape index (κ1) is 25.4. The third-order valence-electron chi connectivity index (χ3n) is 5.95. The molecule has 3 amide bonds. The minimum absolute atomic E-state index is 0.0130. The minimum Gasteiger partial charge on any atom is -0.493 e. The molecule has 0 spiro atoms. The van der Waals surface area contributed by atoms with E-state index in [1.165, 1.54) is 42.6 Å². The number of hydrogen-bond acceptors (Lipinski definition) is 6. The highest BCUT2D eigenvalue weighted by Gasteiger charge is 2.20. The van der Waals surface area contributed by atoms with Crippen molar-refractivity contribution in [1.82, 2.24) is 19.0 Å². The van der Waals surface area contributed by atoms with Gasteiger partial charge in [0.15, 0.2) is 11.6 Å². The van der Waals surface area contributed by atoms with E-state index in [0.29, 0.717) is 17.7 Å². The predicted molar refractivity (Wildman–Crippen MR) is 137 cm³/mol. The zero-order chi connectivity index (χ0) is 27.5. The average molecular weight is 536 g/mol. The lowest BCUT2D eigenvalue weighted by Gasteiger charge is -2.16. The van der Waals surface area contributed by atoms with Crippen molar-refractivity contribution in [3.8, 4) is 23.1 Å². The number of anilines is 2. The van der Waals surface area contributed by atoms with Crippen molar-refractivity contribution in [2.45, 2.75) is 12.8 Å². The number of halogens is 2. The Bertz CT molecular complexity index is 1600. The molecule has 11 nitrogen and oxygen atoms in total. The van der Waals surface area contributed by atoms with E-state index in [1.807, 2.05) is 0 Å². The summed E-state index contributed by atoms with van der Waals surface area (Å²) < 4.78 is 35.0. The second kappa shape index (κ2) is 10.7. The van der Waals surface area contributed by atoms with E-state index in [4.69, 9.17) is 4.74 Å². The predicted octanol–water partition coefficient (Wildman–Crippen LogP) is 4.52. The van der Waals surface area contributed by atoms with Gasteiger partial charge in [-0.25, -0.2) is 37.3 Å². The molecule has 1 aliphatic rings. The summed E-state index contributed by atoms with van der Waals surface area (Å²) in [6.45, 7) is 1.35. The molecule has 2 aromatic carbocycles. The second-order valence-electron chi connectivity index (χ2n) is 8.63. The van der Waals surface area contributed by atoms with Gasteiger partial charge in [-0.1, -0.05) is 0 Å². The molecule has 5 rings (SSSR count). The van der Waals surface area contributed by atoms with Gasteiger partial charge in [0.1, 0.15) is 17.4 Å². The molecule has 39 heavy (non-hydrogen) atoms. The number of imidazole rings is 1. The van der Waals surface area contributed by atoms with E-state index in [0.717, 1.165) is 41.8 Å². The zero-order valence-corrected chi connectivity index (χ0v) is 20.3. The van der Waals surface area contributed by atoms with E-state index in [2.05, 4.69) is 15.6 Å². The van der Waals surface area contributed by atoms with Crippen LogP contribution in [0.15, 0.2) is 71.8 Å². The number of nitrogens with zero attached hydrogens (tertiary/aromatic N) is 4. The van der Waals surface area contributed by atoms with Crippen molar-refractivity contribution in [2.24, 2.45) is 0 Å². The largest absolute Gasteiger partial charge is 0.493 e. The number of amides is 3. The fraction of sp³-hybridized carbons (Fsp3) is 0.154. The average Bonchev–Trinajstić information content (AvgIpc) is 3.55. The maximum absolute atomic E-state index is 14.8. The Labute approximate surface area is 219 Å². The standard InChI is InChI=1S/C26H22F2N6O5/c27-16-3-6-18(7-4-16)34-23(35)15-33(26(34)38)25(37)30-17-5-8-21(20(28)13-17)39-19-9-10-29-22(14-19)31-24(36)32-11-1-2-12-32/h3-10,13-15,35H,1-2,11-12H2,(H,30,37)(H,29,31,36). The molecule has 1 saturated heterocycles. The van der Waals surface area contributed by atoms with Gasteiger partial charge in [-0.05, 0) is 55.3 Å². The van der Waals surface area contributed by atoms with Crippen LogP contribution >= 0.6 is 0 Å². The van der Waals surface area contributed by atoms with E-state index >= 15 is 0 Å². The normalized spacial score (nSPS) is 12.8. The molecular weight excluding hydrogens is 514 g/mol. The van der Waals surface area contributed by atoms with Crippen LogP contribution in [0.4, 0.5) is 29.9 Å². The summed E-state index contributed by atoms with van der Waals surface area (Å²) in [4.78, 5) is 43.4. The molecule has 3 N–H and O–H groups in total. The van der Waals surface area contributed by atoms with Gasteiger partial charge in [0.25, 0.3) is 0 Å². The number of benzene rings is 2. The topological polar surface area (TPSA) is 131 Å². The van der Waals surface area contributed by atoms with E-state index in [9.17, 15) is 28.3 Å². The molecule has 2 aromatic heterocycles. The first-order chi connectivity index (χ1) is 18.8. The lowest BCUT2D eigenvalue weighted by atomic mass is 10.3. The molecule has 0 unspecified atom stereocenters. The van der Waals surface area contributed by atoms with Gasteiger partial charge in [-0.15, -0.1) is 0 Å². The Morgan fingerprint density at radius 2 is 1.69 bits per heavy atom. The van der Waals surface area contributed by atoms with Crippen molar-refractivity contribution in [3.05, 3.63) is 89.1 Å². The van der Waals surface area contributed by atoms with Gasteiger partial charge in [0.05, 0.1) is 11.9 Å². The van der Waals surface area contributed by atoms with E-state index in [1.54, 1.807) is 4.90 Å². The number of rotatable bonds is 5. The van der Waals surface area contributed by atoms with Crippen LogP contribution in [0, 0.1) is 11.6 Å². The van der Waals surface area contributed by atoms with Gasteiger partial charge in [0, 0.05) is 37.1 Å².